The van der Waals surface area contributed by atoms with Crippen LogP contribution >= 0.6 is 15.9 Å². The first kappa shape index (κ1) is 15.6. The molecule has 0 radical (unpaired) electrons. The maximum absolute atomic E-state index is 5.52. The fourth-order valence-electron chi connectivity index (χ4n) is 3.26. The molecule has 0 amide bonds. The second kappa shape index (κ2) is 6.54. The van der Waals surface area contributed by atoms with Crippen molar-refractivity contribution in [2.24, 2.45) is 0 Å². The Morgan fingerprint density at radius 3 is 2.46 bits per heavy atom. The molecule has 0 bridgehead atoms. The number of nitrogens with zero attached hydrogens (tertiary/aromatic N) is 1. The molecule has 4 rings (SSSR count). The third-order valence-electron chi connectivity index (χ3n) is 4.83. The van der Waals surface area contributed by atoms with Gasteiger partial charge in [-0.15, -0.1) is 0 Å². The summed E-state index contributed by atoms with van der Waals surface area (Å²) in [4.78, 5) is 0. The molecule has 0 unspecified atom stereocenters. The molecule has 4 heteroatoms. The van der Waals surface area contributed by atoms with E-state index >= 15 is 0 Å². The van der Waals surface area contributed by atoms with Gasteiger partial charge in [0.15, 0.2) is 5.76 Å². The van der Waals surface area contributed by atoms with Crippen LogP contribution in [0.5, 0.6) is 0 Å². The lowest BCUT2D eigenvalue weighted by Crippen LogP contribution is -2.47. The van der Waals surface area contributed by atoms with Crippen LogP contribution in [0.3, 0.4) is 0 Å². The maximum Gasteiger partial charge on any atom is 0.151 e. The molecule has 24 heavy (non-hydrogen) atoms. The molecule has 3 nitrogen and oxygen atoms in total. The fraction of sp³-hybridized carbons (Fsp3) is 0.250. The normalized spacial score (nSPS) is 15.9. The number of hydrogen-bond donors (Lipinski definition) is 1. The van der Waals surface area contributed by atoms with Gasteiger partial charge in [-0.05, 0) is 37.0 Å². The summed E-state index contributed by atoms with van der Waals surface area (Å²) in [6.45, 7) is 0.690. The minimum Gasteiger partial charge on any atom is -0.359 e. The van der Waals surface area contributed by atoms with Gasteiger partial charge in [0.25, 0.3) is 0 Å². The van der Waals surface area contributed by atoms with Gasteiger partial charge in [0.2, 0.25) is 0 Å². The zero-order valence-corrected chi connectivity index (χ0v) is 14.9. The Morgan fingerprint density at radius 2 is 1.79 bits per heavy atom. The van der Waals surface area contributed by atoms with Crippen molar-refractivity contribution in [2.45, 2.75) is 31.3 Å². The van der Waals surface area contributed by atoms with Crippen LogP contribution in [0.1, 0.15) is 30.6 Å². The van der Waals surface area contributed by atoms with E-state index in [1.807, 2.05) is 36.4 Å². The van der Waals surface area contributed by atoms with Gasteiger partial charge in [0.1, 0.15) is 5.69 Å². The van der Waals surface area contributed by atoms with Gasteiger partial charge in [0, 0.05) is 21.6 Å². The van der Waals surface area contributed by atoms with E-state index in [1.54, 1.807) is 0 Å². The molecule has 0 spiro atoms. The summed E-state index contributed by atoms with van der Waals surface area (Å²) in [7, 11) is 0. The Morgan fingerprint density at radius 1 is 1.04 bits per heavy atom. The molecular formula is C20H19BrN2O. The minimum absolute atomic E-state index is 0.0698. The minimum atomic E-state index is 0.0698. The lowest BCUT2D eigenvalue weighted by atomic mass is 9.72. The summed E-state index contributed by atoms with van der Waals surface area (Å²) in [5, 5.41) is 7.89. The standard InChI is InChI=1S/C20H19BrN2O/c21-17-9-7-16(8-10-17)20(11-4-12-20)22-14-18-13-19(23-24-18)15-5-2-1-3-6-15/h1-3,5-10,13,22H,4,11-12,14H2. The van der Waals surface area contributed by atoms with Gasteiger partial charge in [-0.25, -0.2) is 0 Å². The average Bonchev–Trinajstić information content (AvgIpc) is 3.05. The second-order valence-electron chi connectivity index (χ2n) is 6.34. The van der Waals surface area contributed by atoms with Crippen LogP contribution in [0.25, 0.3) is 11.3 Å². The lowest BCUT2D eigenvalue weighted by molar-refractivity contribution is 0.176. The summed E-state index contributed by atoms with van der Waals surface area (Å²) in [6.07, 6.45) is 3.58. The van der Waals surface area contributed by atoms with Crippen LogP contribution in [0, 0.1) is 0 Å². The van der Waals surface area contributed by atoms with Crippen LogP contribution in [0.4, 0.5) is 0 Å². The third kappa shape index (κ3) is 3.04. The maximum atomic E-state index is 5.52. The largest absolute Gasteiger partial charge is 0.359 e. The number of aromatic nitrogens is 1. The predicted octanol–water partition coefficient (Wildman–Crippen LogP) is 5.27. The summed E-state index contributed by atoms with van der Waals surface area (Å²) >= 11 is 3.51. The van der Waals surface area contributed by atoms with Crippen molar-refractivity contribution in [3.63, 3.8) is 0 Å². The van der Waals surface area contributed by atoms with E-state index in [1.165, 1.54) is 12.0 Å². The van der Waals surface area contributed by atoms with E-state index in [-0.39, 0.29) is 5.54 Å². The van der Waals surface area contributed by atoms with E-state index < -0.39 is 0 Å². The van der Waals surface area contributed by atoms with E-state index in [9.17, 15) is 0 Å². The Balaban J connectivity index is 1.48. The van der Waals surface area contributed by atoms with E-state index in [0.29, 0.717) is 6.54 Å². The Kier molecular flexibility index (Phi) is 4.25. The van der Waals surface area contributed by atoms with Crippen molar-refractivity contribution in [3.05, 3.63) is 76.5 Å². The first-order valence-corrected chi connectivity index (χ1v) is 9.07. The van der Waals surface area contributed by atoms with Crippen LogP contribution in [0.15, 0.2) is 69.7 Å². The van der Waals surface area contributed by atoms with Crippen LogP contribution in [0.2, 0.25) is 0 Å². The predicted molar refractivity (Wildman–Crippen MR) is 98.4 cm³/mol. The van der Waals surface area contributed by atoms with Gasteiger partial charge in [0.05, 0.1) is 6.54 Å². The Labute approximate surface area is 150 Å². The highest BCUT2D eigenvalue weighted by molar-refractivity contribution is 9.10. The third-order valence-corrected chi connectivity index (χ3v) is 5.36. The molecule has 0 aliphatic heterocycles. The zero-order valence-electron chi connectivity index (χ0n) is 13.3. The molecule has 1 fully saturated rings. The van der Waals surface area contributed by atoms with Crippen LogP contribution in [-0.2, 0) is 12.1 Å². The summed E-state index contributed by atoms with van der Waals surface area (Å²) in [6, 6.07) is 20.8. The number of benzene rings is 2. The number of halogens is 1. The van der Waals surface area contributed by atoms with E-state index in [4.69, 9.17) is 4.52 Å². The molecule has 3 aromatic rings. The summed E-state index contributed by atoms with van der Waals surface area (Å²) in [5.74, 6) is 0.872. The molecule has 1 heterocycles. The highest BCUT2D eigenvalue weighted by Crippen LogP contribution is 2.41. The molecule has 0 saturated heterocycles. The number of rotatable bonds is 5. The van der Waals surface area contributed by atoms with Crippen molar-refractivity contribution in [1.82, 2.24) is 10.5 Å². The van der Waals surface area contributed by atoms with Gasteiger partial charge in [-0.2, -0.15) is 0 Å². The second-order valence-corrected chi connectivity index (χ2v) is 7.26. The molecular weight excluding hydrogens is 364 g/mol. The van der Waals surface area contributed by atoms with Crippen molar-refractivity contribution in [2.75, 3.05) is 0 Å². The van der Waals surface area contributed by atoms with Crippen molar-refractivity contribution in [3.8, 4) is 11.3 Å². The van der Waals surface area contributed by atoms with Crippen LogP contribution < -0.4 is 5.32 Å². The van der Waals surface area contributed by atoms with Gasteiger partial charge < -0.3 is 9.84 Å². The first-order chi connectivity index (χ1) is 11.8. The van der Waals surface area contributed by atoms with E-state index in [2.05, 4.69) is 50.7 Å². The van der Waals surface area contributed by atoms with Gasteiger partial charge >= 0.3 is 0 Å². The lowest BCUT2D eigenvalue weighted by Gasteiger charge is -2.43. The molecule has 1 aromatic heterocycles. The molecule has 1 aliphatic rings. The highest BCUT2D eigenvalue weighted by atomic mass is 79.9. The summed E-state index contributed by atoms with van der Waals surface area (Å²) < 4.78 is 6.63. The molecule has 1 N–H and O–H groups in total. The molecule has 1 aliphatic carbocycles. The Bertz CT molecular complexity index is 807. The monoisotopic (exact) mass is 382 g/mol. The van der Waals surface area contributed by atoms with Gasteiger partial charge in [-0.3, -0.25) is 0 Å². The smallest absolute Gasteiger partial charge is 0.151 e. The van der Waals surface area contributed by atoms with Crippen molar-refractivity contribution < 1.29 is 4.52 Å². The SMILES string of the molecule is Brc1ccc(C2(NCc3cc(-c4ccccc4)no3)CCC2)cc1. The average molecular weight is 383 g/mol. The molecule has 122 valence electrons. The molecule has 1 saturated carbocycles. The fourth-order valence-corrected chi connectivity index (χ4v) is 3.53. The van der Waals surface area contributed by atoms with Gasteiger partial charge in [-0.1, -0.05) is 63.6 Å². The van der Waals surface area contributed by atoms with Crippen molar-refractivity contribution in [1.29, 1.82) is 0 Å². The van der Waals surface area contributed by atoms with Crippen LogP contribution in [-0.4, -0.2) is 5.16 Å². The highest BCUT2D eigenvalue weighted by Gasteiger charge is 2.38. The van der Waals surface area contributed by atoms with Crippen molar-refractivity contribution >= 4 is 15.9 Å². The molecule has 0 atom stereocenters. The quantitative estimate of drug-likeness (QED) is 0.652. The number of hydrogen-bond acceptors (Lipinski definition) is 3. The molecule has 2 aromatic carbocycles. The zero-order chi connectivity index (χ0) is 16.4. The van der Waals surface area contributed by atoms with E-state index in [0.717, 1.165) is 34.3 Å². The topological polar surface area (TPSA) is 38.1 Å². The first-order valence-electron chi connectivity index (χ1n) is 8.27. The Hall–Kier alpha value is -1.91. The number of nitrogens with one attached hydrogen (secondary N) is 1. The summed E-state index contributed by atoms with van der Waals surface area (Å²) in [5.41, 5.74) is 3.39.